The molecular weight excluding hydrogens is 244 g/mol. The lowest BCUT2D eigenvalue weighted by atomic mass is 10.1. The highest BCUT2D eigenvalue weighted by Gasteiger charge is 2.11. The van der Waals surface area contributed by atoms with Crippen molar-refractivity contribution in [2.24, 2.45) is 7.05 Å². The fourth-order valence-corrected chi connectivity index (χ4v) is 2.89. The molecule has 90 valence electrons. The topological polar surface area (TPSA) is 34.9 Å². The first-order valence-corrected chi connectivity index (χ1v) is 6.60. The van der Waals surface area contributed by atoms with Gasteiger partial charge in [0.1, 0.15) is 11.3 Å². The molecule has 4 heteroatoms. The normalized spacial score (nSPS) is 10.9. The molecule has 0 bridgehead atoms. The van der Waals surface area contributed by atoms with Crippen LogP contribution in [0.25, 0.3) is 22.2 Å². The largest absolute Gasteiger partial charge is 0.350 e. The monoisotopic (exact) mass is 256 g/mol. The number of carbonyl (C=O) groups excluding carboxylic acids is 1. The molecule has 0 aliphatic heterocycles. The molecule has 0 radical (unpaired) electrons. The SMILES string of the molecule is Cn1cc(-c2csc(CC=O)n2)c2ccccc21. The molecule has 0 fully saturated rings. The highest BCUT2D eigenvalue weighted by atomic mass is 32.1. The molecule has 0 N–H and O–H groups in total. The molecule has 0 unspecified atom stereocenters. The predicted molar refractivity (Wildman–Crippen MR) is 73.8 cm³/mol. The number of aldehydes is 1. The lowest BCUT2D eigenvalue weighted by Gasteiger charge is -1.94. The smallest absolute Gasteiger partial charge is 0.126 e. The number of hydrogen-bond acceptors (Lipinski definition) is 3. The van der Waals surface area contributed by atoms with E-state index in [4.69, 9.17) is 0 Å². The van der Waals surface area contributed by atoms with Crippen LogP contribution in [0.15, 0.2) is 35.8 Å². The Morgan fingerprint density at radius 2 is 2.22 bits per heavy atom. The van der Waals surface area contributed by atoms with Crippen LogP contribution in [0, 0.1) is 0 Å². The van der Waals surface area contributed by atoms with E-state index in [0.29, 0.717) is 6.42 Å². The summed E-state index contributed by atoms with van der Waals surface area (Å²) in [5.41, 5.74) is 3.27. The maximum Gasteiger partial charge on any atom is 0.126 e. The molecule has 18 heavy (non-hydrogen) atoms. The molecule has 0 saturated carbocycles. The van der Waals surface area contributed by atoms with Crippen molar-refractivity contribution in [2.75, 3.05) is 0 Å². The molecule has 0 saturated heterocycles. The lowest BCUT2D eigenvalue weighted by molar-refractivity contribution is -0.107. The standard InChI is InChI=1S/C14H12N2OS/c1-16-8-11(10-4-2-3-5-13(10)16)12-9-18-14(15-12)6-7-17/h2-5,7-9H,6H2,1H3. The molecule has 0 aliphatic rings. The van der Waals surface area contributed by atoms with Crippen LogP contribution in [-0.4, -0.2) is 15.8 Å². The quantitative estimate of drug-likeness (QED) is 0.675. The molecule has 3 rings (SSSR count). The van der Waals surface area contributed by atoms with Crippen molar-refractivity contribution in [3.05, 3.63) is 40.8 Å². The van der Waals surface area contributed by atoms with E-state index in [-0.39, 0.29) is 0 Å². The summed E-state index contributed by atoms with van der Waals surface area (Å²) < 4.78 is 2.10. The number of hydrogen-bond donors (Lipinski definition) is 0. The first kappa shape index (κ1) is 11.2. The van der Waals surface area contributed by atoms with E-state index < -0.39 is 0 Å². The molecule has 1 aromatic carbocycles. The van der Waals surface area contributed by atoms with Gasteiger partial charge in [0.15, 0.2) is 0 Å². The summed E-state index contributed by atoms with van der Waals surface area (Å²) in [6.07, 6.45) is 3.38. The molecule has 3 nitrogen and oxygen atoms in total. The third-order valence-corrected chi connectivity index (χ3v) is 3.85. The molecule has 0 spiro atoms. The number of fused-ring (bicyclic) bond motifs is 1. The minimum absolute atomic E-state index is 0.398. The van der Waals surface area contributed by atoms with Crippen molar-refractivity contribution in [3.63, 3.8) is 0 Å². The van der Waals surface area contributed by atoms with Crippen molar-refractivity contribution < 1.29 is 4.79 Å². The van der Waals surface area contributed by atoms with Gasteiger partial charge >= 0.3 is 0 Å². The summed E-state index contributed by atoms with van der Waals surface area (Å²) in [4.78, 5) is 15.0. The zero-order valence-corrected chi connectivity index (χ0v) is 10.8. The highest BCUT2D eigenvalue weighted by Crippen LogP contribution is 2.30. The number of para-hydroxylation sites is 1. The second-order valence-electron chi connectivity index (χ2n) is 4.17. The molecule has 2 heterocycles. The predicted octanol–water partition coefficient (Wildman–Crippen LogP) is 3.04. The molecule has 2 aromatic heterocycles. The molecule has 0 aliphatic carbocycles. The van der Waals surface area contributed by atoms with Gasteiger partial charge in [0.2, 0.25) is 0 Å². The third kappa shape index (κ3) is 1.75. The van der Waals surface area contributed by atoms with Crippen LogP contribution < -0.4 is 0 Å². The Labute approximate surface area is 109 Å². The van der Waals surface area contributed by atoms with Crippen LogP contribution in [0.4, 0.5) is 0 Å². The Hall–Kier alpha value is -1.94. The van der Waals surface area contributed by atoms with Gasteiger partial charge in [0.05, 0.1) is 12.1 Å². The second-order valence-corrected chi connectivity index (χ2v) is 5.11. The minimum Gasteiger partial charge on any atom is -0.350 e. The van der Waals surface area contributed by atoms with E-state index in [1.807, 2.05) is 24.6 Å². The molecular formula is C14H12N2OS. The number of thiazole rings is 1. The van der Waals surface area contributed by atoms with Crippen molar-refractivity contribution >= 4 is 28.5 Å². The summed E-state index contributed by atoms with van der Waals surface area (Å²) in [6, 6.07) is 8.26. The zero-order chi connectivity index (χ0) is 12.5. The highest BCUT2D eigenvalue weighted by molar-refractivity contribution is 7.10. The van der Waals surface area contributed by atoms with Crippen molar-refractivity contribution in [1.82, 2.24) is 9.55 Å². The van der Waals surface area contributed by atoms with Crippen LogP contribution in [0.5, 0.6) is 0 Å². The van der Waals surface area contributed by atoms with Gasteiger partial charge in [-0.3, -0.25) is 0 Å². The van der Waals surface area contributed by atoms with Gasteiger partial charge in [-0.2, -0.15) is 0 Å². The number of aromatic nitrogens is 2. The Morgan fingerprint density at radius 3 is 3.06 bits per heavy atom. The second kappa shape index (κ2) is 4.38. The molecule has 0 atom stereocenters. The molecule has 3 aromatic rings. The van der Waals surface area contributed by atoms with Gasteiger partial charge in [-0.05, 0) is 6.07 Å². The number of carbonyl (C=O) groups is 1. The van der Waals surface area contributed by atoms with E-state index >= 15 is 0 Å². The van der Waals surface area contributed by atoms with Gasteiger partial charge < -0.3 is 9.36 Å². The summed E-state index contributed by atoms with van der Waals surface area (Å²) >= 11 is 1.54. The fourth-order valence-electron chi connectivity index (χ4n) is 2.15. The van der Waals surface area contributed by atoms with E-state index in [1.54, 1.807) is 0 Å². The Morgan fingerprint density at radius 1 is 1.39 bits per heavy atom. The maximum atomic E-state index is 10.5. The maximum absolute atomic E-state index is 10.5. The number of aryl methyl sites for hydroxylation is 1. The van der Waals surface area contributed by atoms with E-state index in [1.165, 1.54) is 22.2 Å². The van der Waals surface area contributed by atoms with Crippen LogP contribution in [-0.2, 0) is 18.3 Å². The average molecular weight is 256 g/mol. The average Bonchev–Trinajstić information content (AvgIpc) is 2.96. The van der Waals surface area contributed by atoms with Gasteiger partial charge in [0, 0.05) is 35.1 Å². The summed E-state index contributed by atoms with van der Waals surface area (Å²) in [6.45, 7) is 0. The number of rotatable bonds is 3. The fraction of sp³-hybridized carbons (Fsp3) is 0.143. The summed E-state index contributed by atoms with van der Waals surface area (Å²) in [5, 5.41) is 4.08. The van der Waals surface area contributed by atoms with Gasteiger partial charge in [-0.1, -0.05) is 18.2 Å². The lowest BCUT2D eigenvalue weighted by Crippen LogP contribution is -1.84. The van der Waals surface area contributed by atoms with E-state index in [2.05, 4.69) is 27.9 Å². The minimum atomic E-state index is 0.398. The van der Waals surface area contributed by atoms with Gasteiger partial charge in [-0.15, -0.1) is 11.3 Å². The van der Waals surface area contributed by atoms with Crippen molar-refractivity contribution in [3.8, 4) is 11.3 Å². The number of benzene rings is 1. The van der Waals surface area contributed by atoms with E-state index in [9.17, 15) is 4.79 Å². The van der Waals surface area contributed by atoms with Gasteiger partial charge in [-0.25, -0.2) is 4.98 Å². The zero-order valence-electron chi connectivity index (χ0n) is 9.96. The van der Waals surface area contributed by atoms with Crippen LogP contribution in [0.1, 0.15) is 5.01 Å². The van der Waals surface area contributed by atoms with Crippen LogP contribution in [0.2, 0.25) is 0 Å². The summed E-state index contributed by atoms with van der Waals surface area (Å²) in [5.74, 6) is 0. The first-order valence-electron chi connectivity index (χ1n) is 5.72. The van der Waals surface area contributed by atoms with E-state index in [0.717, 1.165) is 22.6 Å². The van der Waals surface area contributed by atoms with Crippen LogP contribution in [0.3, 0.4) is 0 Å². The Kier molecular flexibility index (Phi) is 2.72. The van der Waals surface area contributed by atoms with Gasteiger partial charge in [0.25, 0.3) is 0 Å². The van der Waals surface area contributed by atoms with Crippen LogP contribution >= 0.6 is 11.3 Å². The molecule has 0 amide bonds. The van der Waals surface area contributed by atoms with Crippen molar-refractivity contribution in [1.29, 1.82) is 0 Å². The Bertz CT molecular complexity index is 711. The number of nitrogens with zero attached hydrogens (tertiary/aromatic N) is 2. The Balaban J connectivity index is 2.15. The third-order valence-electron chi connectivity index (χ3n) is 2.98. The summed E-state index contributed by atoms with van der Waals surface area (Å²) in [7, 11) is 2.03. The van der Waals surface area contributed by atoms with Crippen molar-refractivity contribution in [2.45, 2.75) is 6.42 Å². The first-order chi connectivity index (χ1) is 8.79.